The number of esters is 1. The highest BCUT2D eigenvalue weighted by atomic mass is 19.1. The fraction of sp³-hybridized carbons (Fsp3) is 0. The zero-order valence-electron chi connectivity index (χ0n) is 9.39. The Kier molecular flexibility index (Phi) is 2.45. The first-order chi connectivity index (χ1) is 8.74. The molecule has 3 heteroatoms. The summed E-state index contributed by atoms with van der Waals surface area (Å²) in [4.78, 5) is 11.6. The summed E-state index contributed by atoms with van der Waals surface area (Å²) >= 11 is 0. The van der Waals surface area contributed by atoms with Gasteiger partial charge in [-0.1, -0.05) is 30.3 Å². The van der Waals surface area contributed by atoms with E-state index in [2.05, 4.69) is 0 Å². The van der Waals surface area contributed by atoms with Gasteiger partial charge < -0.3 is 4.74 Å². The van der Waals surface area contributed by atoms with Gasteiger partial charge in [0.15, 0.2) is 0 Å². The Hall–Kier alpha value is -2.42. The maximum absolute atomic E-state index is 12.8. The minimum atomic E-state index is -0.348. The van der Waals surface area contributed by atoms with Crippen molar-refractivity contribution < 1.29 is 13.9 Å². The van der Waals surface area contributed by atoms with Crippen LogP contribution in [0.15, 0.2) is 48.5 Å². The smallest absolute Gasteiger partial charge is 0.344 e. The van der Waals surface area contributed by atoms with E-state index < -0.39 is 0 Å². The number of cyclic esters (lactones) is 1. The van der Waals surface area contributed by atoms with E-state index in [1.165, 1.54) is 12.1 Å². The van der Waals surface area contributed by atoms with Gasteiger partial charge in [0.1, 0.15) is 11.6 Å². The molecule has 88 valence electrons. The van der Waals surface area contributed by atoms with Crippen LogP contribution in [0.2, 0.25) is 0 Å². The molecular weight excluding hydrogens is 231 g/mol. The van der Waals surface area contributed by atoms with E-state index in [4.69, 9.17) is 4.74 Å². The summed E-state index contributed by atoms with van der Waals surface area (Å²) in [5, 5.41) is 0. The third-order valence-electron chi connectivity index (χ3n) is 2.78. The van der Waals surface area contributed by atoms with Gasteiger partial charge in [0.2, 0.25) is 0 Å². The summed E-state index contributed by atoms with van der Waals surface area (Å²) < 4.78 is 18.0. The highest BCUT2D eigenvalue weighted by molar-refractivity contribution is 6.05. The molecule has 3 rings (SSSR count). The first-order valence-corrected chi connectivity index (χ1v) is 5.53. The third-order valence-corrected chi connectivity index (χ3v) is 2.78. The first-order valence-electron chi connectivity index (χ1n) is 5.53. The topological polar surface area (TPSA) is 26.3 Å². The summed E-state index contributed by atoms with van der Waals surface area (Å²) in [6, 6.07) is 13.2. The molecule has 1 aliphatic heterocycles. The number of carbonyl (C=O) groups excluding carboxylic acids is 1. The van der Waals surface area contributed by atoms with Gasteiger partial charge in [-0.3, -0.25) is 0 Å². The Bertz CT molecular complexity index is 642. The molecule has 0 saturated carbocycles. The largest absolute Gasteiger partial charge is 0.422 e. The van der Waals surface area contributed by atoms with Crippen molar-refractivity contribution in [2.75, 3.05) is 0 Å². The number of ether oxygens (including phenoxy) is 1. The lowest BCUT2D eigenvalue weighted by molar-refractivity contribution is 0.0717. The molecule has 0 radical (unpaired) electrons. The average molecular weight is 240 g/mol. The van der Waals surface area contributed by atoms with Gasteiger partial charge in [0, 0.05) is 5.56 Å². The normalized spacial score (nSPS) is 15.6. The van der Waals surface area contributed by atoms with Crippen LogP contribution in [0.4, 0.5) is 4.39 Å². The molecule has 0 spiro atoms. The zero-order valence-corrected chi connectivity index (χ0v) is 9.39. The van der Waals surface area contributed by atoms with Crippen LogP contribution in [-0.2, 0) is 4.74 Å². The van der Waals surface area contributed by atoms with Gasteiger partial charge in [-0.15, -0.1) is 0 Å². The molecule has 0 unspecified atom stereocenters. The molecule has 0 atom stereocenters. The summed E-state index contributed by atoms with van der Waals surface area (Å²) in [5.74, 6) is -0.137. The van der Waals surface area contributed by atoms with Crippen LogP contribution in [0.25, 0.3) is 11.8 Å². The van der Waals surface area contributed by atoms with Crippen LogP contribution in [0.5, 0.6) is 0 Å². The van der Waals surface area contributed by atoms with E-state index in [9.17, 15) is 9.18 Å². The minimum Gasteiger partial charge on any atom is -0.422 e. The molecule has 0 aromatic heterocycles. The standard InChI is InChI=1S/C15H9FO2/c16-11-7-5-10(6-8-11)9-14-12-3-1-2-4-13(12)15(17)18-14/h1-9H/b14-9+. The van der Waals surface area contributed by atoms with Crippen molar-refractivity contribution in [3.05, 3.63) is 71.0 Å². The zero-order chi connectivity index (χ0) is 12.5. The molecule has 0 saturated heterocycles. The summed E-state index contributed by atoms with van der Waals surface area (Å²) in [6.07, 6.45) is 1.73. The van der Waals surface area contributed by atoms with Crippen LogP contribution in [0.1, 0.15) is 21.5 Å². The van der Waals surface area contributed by atoms with Crippen LogP contribution >= 0.6 is 0 Å². The molecule has 0 fully saturated rings. The summed E-state index contributed by atoms with van der Waals surface area (Å²) in [5.41, 5.74) is 2.12. The van der Waals surface area contributed by atoms with Crippen LogP contribution in [0, 0.1) is 5.82 Å². The van der Waals surface area contributed by atoms with E-state index >= 15 is 0 Å². The molecule has 1 heterocycles. The van der Waals surface area contributed by atoms with Gasteiger partial charge in [0.05, 0.1) is 5.56 Å². The fourth-order valence-electron chi connectivity index (χ4n) is 1.90. The van der Waals surface area contributed by atoms with Crippen molar-refractivity contribution in [2.45, 2.75) is 0 Å². The number of fused-ring (bicyclic) bond motifs is 1. The third kappa shape index (κ3) is 1.80. The lowest BCUT2D eigenvalue weighted by Crippen LogP contribution is -1.92. The molecule has 0 N–H and O–H groups in total. The van der Waals surface area contributed by atoms with Crippen molar-refractivity contribution in [3.63, 3.8) is 0 Å². The second-order valence-corrected chi connectivity index (χ2v) is 4.00. The van der Waals surface area contributed by atoms with Crippen molar-refractivity contribution in [1.82, 2.24) is 0 Å². The molecule has 0 amide bonds. The second-order valence-electron chi connectivity index (χ2n) is 4.00. The molecule has 2 aromatic rings. The van der Waals surface area contributed by atoms with Gasteiger partial charge in [0.25, 0.3) is 0 Å². The monoisotopic (exact) mass is 240 g/mol. The van der Waals surface area contributed by atoms with Crippen LogP contribution in [0.3, 0.4) is 0 Å². The Balaban J connectivity index is 2.04. The molecule has 1 aliphatic rings. The fourth-order valence-corrected chi connectivity index (χ4v) is 1.90. The highest BCUT2D eigenvalue weighted by Crippen LogP contribution is 2.30. The lowest BCUT2D eigenvalue weighted by atomic mass is 10.1. The number of halogens is 1. The van der Waals surface area contributed by atoms with E-state index in [0.29, 0.717) is 11.3 Å². The van der Waals surface area contributed by atoms with Crippen molar-refractivity contribution in [1.29, 1.82) is 0 Å². The Labute approximate surface area is 103 Å². The van der Waals surface area contributed by atoms with E-state index in [0.717, 1.165) is 11.1 Å². The molecule has 18 heavy (non-hydrogen) atoms. The predicted molar refractivity (Wildman–Crippen MR) is 66.1 cm³/mol. The van der Waals surface area contributed by atoms with E-state index in [-0.39, 0.29) is 11.8 Å². The van der Waals surface area contributed by atoms with Crippen LogP contribution in [-0.4, -0.2) is 5.97 Å². The number of hydrogen-bond donors (Lipinski definition) is 0. The molecule has 2 nitrogen and oxygen atoms in total. The second kappa shape index (κ2) is 4.11. The predicted octanol–water partition coefficient (Wildman–Crippen LogP) is 3.49. The molecule has 0 bridgehead atoms. The maximum atomic E-state index is 12.8. The number of benzene rings is 2. The van der Waals surface area contributed by atoms with Crippen LogP contribution < -0.4 is 0 Å². The summed E-state index contributed by atoms with van der Waals surface area (Å²) in [6.45, 7) is 0. The quantitative estimate of drug-likeness (QED) is 0.713. The number of hydrogen-bond acceptors (Lipinski definition) is 2. The molecule has 2 aromatic carbocycles. The lowest BCUT2D eigenvalue weighted by Gasteiger charge is -1.98. The number of rotatable bonds is 1. The maximum Gasteiger partial charge on any atom is 0.344 e. The number of carbonyl (C=O) groups is 1. The van der Waals surface area contributed by atoms with Crippen molar-refractivity contribution >= 4 is 17.8 Å². The van der Waals surface area contributed by atoms with Crippen molar-refractivity contribution in [2.24, 2.45) is 0 Å². The SMILES string of the molecule is O=C1O/C(=C/c2ccc(F)cc2)c2ccccc21. The van der Waals surface area contributed by atoms with Gasteiger partial charge in [-0.2, -0.15) is 0 Å². The Morgan fingerprint density at radius 2 is 1.61 bits per heavy atom. The van der Waals surface area contributed by atoms with Crippen molar-refractivity contribution in [3.8, 4) is 0 Å². The Morgan fingerprint density at radius 3 is 2.33 bits per heavy atom. The molecule has 0 aliphatic carbocycles. The van der Waals surface area contributed by atoms with Gasteiger partial charge >= 0.3 is 5.97 Å². The molecular formula is C15H9FO2. The van der Waals surface area contributed by atoms with E-state index in [1.807, 2.05) is 12.1 Å². The van der Waals surface area contributed by atoms with E-state index in [1.54, 1.807) is 30.3 Å². The highest BCUT2D eigenvalue weighted by Gasteiger charge is 2.25. The minimum absolute atomic E-state index is 0.291. The summed E-state index contributed by atoms with van der Waals surface area (Å²) in [7, 11) is 0. The average Bonchev–Trinajstić information content (AvgIpc) is 2.70. The Morgan fingerprint density at radius 1 is 0.944 bits per heavy atom. The first kappa shape index (κ1) is 10.7. The van der Waals surface area contributed by atoms with Gasteiger partial charge in [-0.25, -0.2) is 9.18 Å². The van der Waals surface area contributed by atoms with Gasteiger partial charge in [-0.05, 0) is 29.8 Å².